The standard InChI is InChI=1S/C18H20N4O/c1-13-6-9-19-18(20-13)21-10-7-15(12-21)17(23)22-11-8-14-4-2-3-5-16(14)22/h2-6,9,15H,7-8,10-12H2,1H3. The Morgan fingerprint density at radius 2 is 2.09 bits per heavy atom. The summed E-state index contributed by atoms with van der Waals surface area (Å²) in [6, 6.07) is 10.1. The van der Waals surface area contributed by atoms with E-state index in [-0.39, 0.29) is 11.8 Å². The van der Waals surface area contributed by atoms with E-state index in [1.807, 2.05) is 30.0 Å². The quantitative estimate of drug-likeness (QED) is 0.853. The van der Waals surface area contributed by atoms with E-state index in [1.165, 1.54) is 5.56 Å². The molecular formula is C18H20N4O. The summed E-state index contributed by atoms with van der Waals surface area (Å²) in [5.41, 5.74) is 3.32. The zero-order chi connectivity index (χ0) is 15.8. The molecule has 1 atom stereocenters. The van der Waals surface area contributed by atoms with Gasteiger partial charge in [0, 0.05) is 37.2 Å². The lowest BCUT2D eigenvalue weighted by atomic mass is 10.1. The predicted molar refractivity (Wildman–Crippen MR) is 89.6 cm³/mol. The molecule has 2 aromatic rings. The number of rotatable bonds is 2. The fourth-order valence-electron chi connectivity index (χ4n) is 3.52. The SMILES string of the molecule is Cc1ccnc(N2CCC(C(=O)N3CCc4ccccc43)C2)n1. The van der Waals surface area contributed by atoms with Gasteiger partial charge in [0.1, 0.15) is 0 Å². The van der Waals surface area contributed by atoms with Gasteiger partial charge in [-0.3, -0.25) is 4.79 Å². The number of hydrogen-bond donors (Lipinski definition) is 0. The lowest BCUT2D eigenvalue weighted by Crippen LogP contribution is -2.36. The minimum atomic E-state index is 0.0327. The van der Waals surface area contributed by atoms with Gasteiger partial charge in [0.25, 0.3) is 0 Å². The van der Waals surface area contributed by atoms with Crippen LogP contribution in [0.2, 0.25) is 0 Å². The molecule has 5 nitrogen and oxygen atoms in total. The number of para-hydroxylation sites is 1. The molecule has 3 heterocycles. The number of aromatic nitrogens is 2. The van der Waals surface area contributed by atoms with Crippen LogP contribution in [-0.4, -0.2) is 35.5 Å². The maximum Gasteiger partial charge on any atom is 0.231 e. The van der Waals surface area contributed by atoms with E-state index in [4.69, 9.17) is 0 Å². The topological polar surface area (TPSA) is 49.3 Å². The van der Waals surface area contributed by atoms with Crippen molar-refractivity contribution in [2.75, 3.05) is 29.4 Å². The highest BCUT2D eigenvalue weighted by atomic mass is 16.2. The van der Waals surface area contributed by atoms with Gasteiger partial charge in [-0.2, -0.15) is 0 Å². The van der Waals surface area contributed by atoms with Crippen LogP contribution in [0, 0.1) is 12.8 Å². The van der Waals surface area contributed by atoms with Crippen molar-refractivity contribution in [3.8, 4) is 0 Å². The van der Waals surface area contributed by atoms with Crippen LogP contribution in [0.5, 0.6) is 0 Å². The van der Waals surface area contributed by atoms with E-state index < -0.39 is 0 Å². The number of benzene rings is 1. The number of aryl methyl sites for hydroxylation is 1. The Labute approximate surface area is 136 Å². The molecule has 23 heavy (non-hydrogen) atoms. The van der Waals surface area contributed by atoms with Crippen LogP contribution in [0.3, 0.4) is 0 Å². The number of fused-ring (bicyclic) bond motifs is 1. The Hall–Kier alpha value is -2.43. The monoisotopic (exact) mass is 308 g/mol. The Morgan fingerprint density at radius 1 is 1.22 bits per heavy atom. The lowest BCUT2D eigenvalue weighted by Gasteiger charge is -2.22. The maximum absolute atomic E-state index is 12.9. The van der Waals surface area contributed by atoms with Crippen molar-refractivity contribution >= 4 is 17.5 Å². The first-order valence-corrected chi connectivity index (χ1v) is 8.16. The van der Waals surface area contributed by atoms with Crippen molar-refractivity contribution in [1.82, 2.24) is 9.97 Å². The Morgan fingerprint density at radius 3 is 2.96 bits per heavy atom. The fourth-order valence-corrected chi connectivity index (χ4v) is 3.52. The number of carbonyl (C=O) groups excluding carboxylic acids is 1. The third-order valence-electron chi connectivity index (χ3n) is 4.76. The van der Waals surface area contributed by atoms with Gasteiger partial charge in [0.15, 0.2) is 0 Å². The molecule has 1 aromatic carbocycles. The van der Waals surface area contributed by atoms with Crippen molar-refractivity contribution in [2.24, 2.45) is 5.92 Å². The van der Waals surface area contributed by atoms with Crippen LogP contribution in [0.15, 0.2) is 36.5 Å². The molecule has 2 aliphatic heterocycles. The Bertz CT molecular complexity index is 745. The molecule has 0 saturated carbocycles. The minimum Gasteiger partial charge on any atom is -0.340 e. The summed E-state index contributed by atoms with van der Waals surface area (Å²) in [7, 11) is 0. The molecule has 0 radical (unpaired) electrons. The van der Waals surface area contributed by atoms with Gasteiger partial charge in [0.2, 0.25) is 11.9 Å². The summed E-state index contributed by atoms with van der Waals surface area (Å²) in [6.45, 7) is 4.32. The highest BCUT2D eigenvalue weighted by Gasteiger charge is 2.35. The molecular weight excluding hydrogens is 288 g/mol. The third-order valence-corrected chi connectivity index (χ3v) is 4.76. The molecule has 4 rings (SSSR count). The smallest absolute Gasteiger partial charge is 0.231 e. The number of anilines is 2. The summed E-state index contributed by atoms with van der Waals surface area (Å²) in [4.78, 5) is 25.8. The van der Waals surface area contributed by atoms with E-state index in [0.29, 0.717) is 6.54 Å². The van der Waals surface area contributed by atoms with Crippen molar-refractivity contribution < 1.29 is 4.79 Å². The van der Waals surface area contributed by atoms with E-state index >= 15 is 0 Å². The van der Waals surface area contributed by atoms with Crippen LogP contribution >= 0.6 is 0 Å². The normalized spacial score (nSPS) is 20.0. The molecule has 1 fully saturated rings. The Kier molecular flexibility index (Phi) is 3.48. The second-order valence-corrected chi connectivity index (χ2v) is 6.30. The zero-order valence-electron chi connectivity index (χ0n) is 13.3. The Balaban J connectivity index is 1.49. The number of amides is 1. The van der Waals surface area contributed by atoms with Crippen molar-refractivity contribution in [3.63, 3.8) is 0 Å². The zero-order valence-corrected chi connectivity index (χ0v) is 13.3. The molecule has 1 saturated heterocycles. The van der Waals surface area contributed by atoms with Gasteiger partial charge < -0.3 is 9.80 Å². The first-order chi connectivity index (χ1) is 11.2. The summed E-state index contributed by atoms with van der Waals surface area (Å²) in [5.74, 6) is 1.01. The van der Waals surface area contributed by atoms with Crippen LogP contribution < -0.4 is 9.80 Å². The average molecular weight is 308 g/mol. The van der Waals surface area contributed by atoms with Crippen LogP contribution in [-0.2, 0) is 11.2 Å². The molecule has 2 aliphatic rings. The molecule has 0 bridgehead atoms. The van der Waals surface area contributed by atoms with Gasteiger partial charge in [0.05, 0.1) is 5.92 Å². The maximum atomic E-state index is 12.9. The first-order valence-electron chi connectivity index (χ1n) is 8.16. The number of carbonyl (C=O) groups is 1. The summed E-state index contributed by atoms with van der Waals surface area (Å²) in [6.07, 6.45) is 3.61. The third kappa shape index (κ3) is 2.56. The van der Waals surface area contributed by atoms with Crippen molar-refractivity contribution in [3.05, 3.63) is 47.8 Å². The predicted octanol–water partition coefficient (Wildman–Crippen LogP) is 2.20. The summed E-state index contributed by atoms with van der Waals surface area (Å²) >= 11 is 0. The van der Waals surface area contributed by atoms with Gasteiger partial charge >= 0.3 is 0 Å². The van der Waals surface area contributed by atoms with Gasteiger partial charge in [-0.05, 0) is 37.5 Å². The molecule has 5 heteroatoms. The molecule has 0 aliphatic carbocycles. The first kappa shape index (κ1) is 14.2. The second kappa shape index (κ2) is 5.65. The molecule has 1 unspecified atom stereocenters. The van der Waals surface area contributed by atoms with Gasteiger partial charge in [-0.1, -0.05) is 18.2 Å². The van der Waals surface area contributed by atoms with Crippen LogP contribution in [0.25, 0.3) is 0 Å². The average Bonchev–Trinajstić information content (AvgIpc) is 3.22. The minimum absolute atomic E-state index is 0.0327. The molecule has 1 amide bonds. The highest BCUT2D eigenvalue weighted by molar-refractivity contribution is 5.97. The summed E-state index contributed by atoms with van der Waals surface area (Å²) in [5, 5.41) is 0. The highest BCUT2D eigenvalue weighted by Crippen LogP contribution is 2.31. The molecule has 0 spiro atoms. The molecule has 1 aromatic heterocycles. The summed E-state index contributed by atoms with van der Waals surface area (Å²) < 4.78 is 0. The second-order valence-electron chi connectivity index (χ2n) is 6.30. The largest absolute Gasteiger partial charge is 0.340 e. The number of hydrogen-bond acceptors (Lipinski definition) is 4. The van der Waals surface area contributed by atoms with E-state index in [2.05, 4.69) is 27.0 Å². The molecule has 118 valence electrons. The van der Waals surface area contributed by atoms with Gasteiger partial charge in [-0.15, -0.1) is 0 Å². The van der Waals surface area contributed by atoms with Crippen molar-refractivity contribution in [1.29, 1.82) is 0 Å². The van der Waals surface area contributed by atoms with E-state index in [9.17, 15) is 4.79 Å². The van der Waals surface area contributed by atoms with Gasteiger partial charge in [-0.25, -0.2) is 9.97 Å². The molecule has 0 N–H and O–H groups in total. The van der Waals surface area contributed by atoms with E-state index in [0.717, 1.165) is 43.3 Å². The van der Waals surface area contributed by atoms with Crippen LogP contribution in [0.1, 0.15) is 17.7 Å². The van der Waals surface area contributed by atoms with Crippen LogP contribution in [0.4, 0.5) is 11.6 Å². The fraction of sp³-hybridized carbons (Fsp3) is 0.389. The number of nitrogens with zero attached hydrogens (tertiary/aromatic N) is 4. The van der Waals surface area contributed by atoms with Crippen molar-refractivity contribution in [2.45, 2.75) is 19.8 Å². The van der Waals surface area contributed by atoms with E-state index in [1.54, 1.807) is 6.20 Å². The lowest BCUT2D eigenvalue weighted by molar-refractivity contribution is -0.121.